The van der Waals surface area contributed by atoms with Gasteiger partial charge in [-0.1, -0.05) is 30.3 Å². The Morgan fingerprint density at radius 2 is 1.10 bits per heavy atom. The number of benzene rings is 2. The fourth-order valence-corrected chi connectivity index (χ4v) is 3.99. The van der Waals surface area contributed by atoms with E-state index in [9.17, 15) is 0 Å². The molecule has 0 spiro atoms. The molecule has 0 fully saturated rings. The lowest BCUT2D eigenvalue weighted by Gasteiger charge is -2.14. The van der Waals surface area contributed by atoms with E-state index < -0.39 is 0 Å². The van der Waals surface area contributed by atoms with Gasteiger partial charge >= 0.3 is 0 Å². The average Bonchev–Trinajstić information content (AvgIpc) is 3.28. The summed E-state index contributed by atoms with van der Waals surface area (Å²) in [6.45, 7) is 0. The molecule has 29 heavy (non-hydrogen) atoms. The van der Waals surface area contributed by atoms with Crippen LogP contribution < -0.4 is 9.80 Å². The number of hydrogen-bond donors (Lipinski definition) is 0. The van der Waals surface area contributed by atoms with Gasteiger partial charge in [0.2, 0.25) is 0 Å². The zero-order valence-corrected chi connectivity index (χ0v) is 18.1. The lowest BCUT2D eigenvalue weighted by molar-refractivity contribution is 1.13. The maximum Gasteiger partial charge on any atom is 0.0716 e. The van der Waals surface area contributed by atoms with Gasteiger partial charge in [-0.25, -0.2) is 4.98 Å². The molecule has 2 heterocycles. The van der Waals surface area contributed by atoms with Crippen molar-refractivity contribution in [3.63, 3.8) is 0 Å². The van der Waals surface area contributed by atoms with Crippen LogP contribution in [0.25, 0.3) is 33.0 Å². The Labute approximate surface area is 176 Å². The highest BCUT2D eigenvalue weighted by Crippen LogP contribution is 2.33. The molecule has 3 nitrogen and oxygen atoms in total. The molecule has 2 aromatic carbocycles. The van der Waals surface area contributed by atoms with Crippen LogP contribution in [0.1, 0.15) is 0 Å². The fourth-order valence-electron chi connectivity index (χ4n) is 3.27. The van der Waals surface area contributed by atoms with Crippen LogP contribution >= 0.6 is 11.3 Å². The Morgan fingerprint density at radius 1 is 0.621 bits per heavy atom. The van der Waals surface area contributed by atoms with Crippen LogP contribution in [0.15, 0.2) is 78.2 Å². The van der Waals surface area contributed by atoms with E-state index in [-0.39, 0.29) is 0 Å². The molecule has 2 aromatic heterocycles. The van der Waals surface area contributed by atoms with Crippen LogP contribution in [-0.2, 0) is 0 Å². The van der Waals surface area contributed by atoms with Crippen LogP contribution in [0.5, 0.6) is 0 Å². The molecule has 0 unspecified atom stereocenters. The van der Waals surface area contributed by atoms with Crippen LogP contribution in [0.4, 0.5) is 11.4 Å². The lowest BCUT2D eigenvalue weighted by atomic mass is 10.0. The van der Waals surface area contributed by atoms with Crippen molar-refractivity contribution in [3.05, 3.63) is 78.2 Å². The highest BCUT2D eigenvalue weighted by atomic mass is 32.1. The lowest BCUT2D eigenvalue weighted by Crippen LogP contribution is -2.08. The normalized spacial score (nSPS) is 10.8. The maximum absolute atomic E-state index is 5.01. The summed E-state index contributed by atoms with van der Waals surface area (Å²) in [5.41, 5.74) is 7.81. The van der Waals surface area contributed by atoms with Crippen LogP contribution in [0, 0.1) is 0 Å². The third-order valence-electron chi connectivity index (χ3n) is 4.99. The zero-order valence-electron chi connectivity index (χ0n) is 17.3. The summed E-state index contributed by atoms with van der Waals surface area (Å²) in [7, 11) is 8.22. The molecule has 0 aliphatic rings. The summed E-state index contributed by atoms with van der Waals surface area (Å²) in [5, 5.41) is 2.12. The van der Waals surface area contributed by atoms with Gasteiger partial charge in [0.1, 0.15) is 0 Å². The van der Waals surface area contributed by atoms with E-state index in [0.29, 0.717) is 0 Å². The van der Waals surface area contributed by atoms with Crippen LogP contribution in [0.2, 0.25) is 0 Å². The van der Waals surface area contributed by atoms with Crippen molar-refractivity contribution in [1.82, 2.24) is 4.98 Å². The highest BCUT2D eigenvalue weighted by molar-refractivity contribution is 7.13. The molecule has 0 aliphatic carbocycles. The predicted octanol–water partition coefficient (Wildman–Crippen LogP) is 6.28. The molecule has 0 atom stereocenters. The first-order valence-corrected chi connectivity index (χ1v) is 10.5. The van der Waals surface area contributed by atoms with Crippen molar-refractivity contribution in [2.75, 3.05) is 38.0 Å². The van der Waals surface area contributed by atoms with E-state index in [1.54, 1.807) is 11.3 Å². The summed E-state index contributed by atoms with van der Waals surface area (Å²) >= 11 is 1.76. The first-order chi connectivity index (χ1) is 14.0. The van der Waals surface area contributed by atoms with E-state index in [4.69, 9.17) is 4.98 Å². The number of rotatable bonds is 5. The fraction of sp³-hybridized carbons (Fsp3) is 0.160. The van der Waals surface area contributed by atoms with Gasteiger partial charge in [-0.2, -0.15) is 0 Å². The number of nitrogens with zero attached hydrogens (tertiary/aromatic N) is 3. The molecular formula is C25H25N3S. The van der Waals surface area contributed by atoms with Gasteiger partial charge in [0.05, 0.1) is 11.4 Å². The van der Waals surface area contributed by atoms with Crippen molar-refractivity contribution in [3.8, 4) is 33.0 Å². The van der Waals surface area contributed by atoms with Gasteiger partial charge in [0.15, 0.2) is 0 Å². The number of thiophene rings is 1. The van der Waals surface area contributed by atoms with E-state index in [1.807, 2.05) is 0 Å². The summed E-state index contributed by atoms with van der Waals surface area (Å²) in [4.78, 5) is 10.5. The molecule has 0 aliphatic heterocycles. The van der Waals surface area contributed by atoms with Gasteiger partial charge in [0, 0.05) is 55.6 Å². The second-order valence-corrected chi connectivity index (χ2v) is 8.43. The van der Waals surface area contributed by atoms with E-state index in [1.165, 1.54) is 21.8 Å². The average molecular weight is 400 g/mol. The second-order valence-electron chi connectivity index (χ2n) is 7.49. The van der Waals surface area contributed by atoms with Gasteiger partial charge in [-0.15, -0.1) is 11.3 Å². The number of aromatic nitrogens is 1. The Morgan fingerprint density at radius 3 is 1.48 bits per heavy atom. The largest absolute Gasteiger partial charge is 0.378 e. The summed E-state index contributed by atoms with van der Waals surface area (Å²) in [5.74, 6) is 0. The molecule has 0 saturated heterocycles. The molecule has 0 radical (unpaired) electrons. The Hall–Kier alpha value is -3.11. The molecule has 0 saturated carbocycles. The molecule has 4 rings (SSSR count). The van der Waals surface area contributed by atoms with Crippen LogP contribution in [0.3, 0.4) is 0 Å². The van der Waals surface area contributed by atoms with E-state index in [0.717, 1.165) is 22.5 Å². The van der Waals surface area contributed by atoms with Gasteiger partial charge < -0.3 is 9.80 Å². The SMILES string of the molecule is CN(C)c1ccc(-c2cc(-c3cccs3)cc(-c3ccc(N(C)C)cc3)n2)cc1. The van der Waals surface area contributed by atoms with Crippen molar-refractivity contribution >= 4 is 22.7 Å². The van der Waals surface area contributed by atoms with Crippen molar-refractivity contribution in [1.29, 1.82) is 0 Å². The van der Waals surface area contributed by atoms with E-state index in [2.05, 4.69) is 116 Å². The molecule has 4 heteroatoms. The molecule has 4 aromatic rings. The number of pyridine rings is 1. The molecule has 146 valence electrons. The molecule has 0 bridgehead atoms. The second kappa shape index (κ2) is 8.10. The first-order valence-electron chi connectivity index (χ1n) is 9.63. The van der Waals surface area contributed by atoms with Gasteiger partial charge in [-0.05, 0) is 53.4 Å². The summed E-state index contributed by atoms with van der Waals surface area (Å²) in [6.07, 6.45) is 0. The minimum atomic E-state index is 0.993. The molecule has 0 N–H and O–H groups in total. The van der Waals surface area contributed by atoms with E-state index >= 15 is 0 Å². The highest BCUT2D eigenvalue weighted by Gasteiger charge is 2.10. The Balaban J connectivity index is 1.81. The zero-order chi connectivity index (χ0) is 20.4. The third-order valence-corrected chi connectivity index (χ3v) is 5.91. The standard InChI is InChI=1S/C25H25N3S/c1-27(2)21-11-7-18(8-12-21)23-16-20(25-6-5-15-29-25)17-24(26-23)19-9-13-22(14-10-19)28(3)4/h5-17H,1-4H3. The smallest absolute Gasteiger partial charge is 0.0716 e. The quantitative estimate of drug-likeness (QED) is 0.394. The van der Waals surface area contributed by atoms with Crippen molar-refractivity contribution < 1.29 is 0 Å². The van der Waals surface area contributed by atoms with Gasteiger partial charge in [0.25, 0.3) is 0 Å². The Kier molecular flexibility index (Phi) is 5.36. The topological polar surface area (TPSA) is 19.4 Å². The van der Waals surface area contributed by atoms with Crippen molar-refractivity contribution in [2.24, 2.45) is 0 Å². The molecular weight excluding hydrogens is 374 g/mol. The minimum Gasteiger partial charge on any atom is -0.378 e. The summed E-state index contributed by atoms with van der Waals surface area (Å²) in [6, 6.07) is 25.8. The third kappa shape index (κ3) is 4.17. The minimum absolute atomic E-state index is 0.993. The van der Waals surface area contributed by atoms with Crippen LogP contribution in [-0.4, -0.2) is 33.2 Å². The monoisotopic (exact) mass is 399 g/mol. The van der Waals surface area contributed by atoms with Crippen molar-refractivity contribution in [2.45, 2.75) is 0 Å². The van der Waals surface area contributed by atoms with Gasteiger partial charge in [-0.3, -0.25) is 0 Å². The predicted molar refractivity (Wildman–Crippen MR) is 127 cm³/mol. The maximum atomic E-state index is 5.01. The first kappa shape index (κ1) is 19.2. The summed E-state index contributed by atoms with van der Waals surface area (Å²) < 4.78 is 0. The number of hydrogen-bond acceptors (Lipinski definition) is 4. The number of anilines is 2. The Bertz CT molecular complexity index is 1010. The molecule has 0 amide bonds.